The molecule has 20 heavy (non-hydrogen) atoms. The van der Waals surface area contributed by atoms with Crippen LogP contribution in [0.5, 0.6) is 0 Å². The van der Waals surface area contributed by atoms with Crippen molar-refractivity contribution < 1.29 is 4.74 Å². The number of ether oxygens (including phenoxy) is 1. The van der Waals surface area contributed by atoms with Crippen LogP contribution < -0.4 is 5.32 Å². The molecule has 0 radical (unpaired) electrons. The van der Waals surface area contributed by atoms with Gasteiger partial charge in [-0.15, -0.1) is 0 Å². The third kappa shape index (κ3) is 3.59. The minimum absolute atomic E-state index is 0.146. The highest BCUT2D eigenvalue weighted by molar-refractivity contribution is 5.32. The molecule has 2 unspecified atom stereocenters. The van der Waals surface area contributed by atoms with Gasteiger partial charge in [-0.1, -0.05) is 44.2 Å². The Balaban J connectivity index is 2.17. The predicted octanol–water partition coefficient (Wildman–Crippen LogP) is 3.22. The van der Waals surface area contributed by atoms with Crippen LogP contribution in [-0.2, 0) is 10.3 Å². The first kappa shape index (κ1) is 15.0. The van der Waals surface area contributed by atoms with Crippen LogP contribution in [0.15, 0.2) is 30.3 Å². The number of hydrogen-bond donors (Lipinski definition) is 1. The van der Waals surface area contributed by atoms with E-state index < -0.39 is 5.54 Å². The van der Waals surface area contributed by atoms with Crippen molar-refractivity contribution in [3.63, 3.8) is 0 Å². The van der Waals surface area contributed by atoms with E-state index in [1.54, 1.807) is 0 Å². The maximum atomic E-state index is 9.77. The lowest BCUT2D eigenvalue weighted by molar-refractivity contribution is 0.00710. The van der Waals surface area contributed by atoms with Gasteiger partial charge in [0.05, 0.1) is 18.8 Å². The summed E-state index contributed by atoms with van der Waals surface area (Å²) in [5.41, 5.74) is 0.260. The lowest BCUT2D eigenvalue weighted by Crippen LogP contribution is -2.47. The molecule has 3 heteroatoms. The van der Waals surface area contributed by atoms with Gasteiger partial charge < -0.3 is 4.74 Å². The molecule has 0 heterocycles. The van der Waals surface area contributed by atoms with E-state index in [9.17, 15) is 5.26 Å². The third-order valence-corrected chi connectivity index (χ3v) is 3.99. The van der Waals surface area contributed by atoms with E-state index in [0.717, 1.165) is 18.4 Å². The van der Waals surface area contributed by atoms with E-state index in [1.807, 2.05) is 30.3 Å². The summed E-state index contributed by atoms with van der Waals surface area (Å²) in [7, 11) is 0. The zero-order chi connectivity index (χ0) is 14.6. The minimum Gasteiger partial charge on any atom is -0.375 e. The van der Waals surface area contributed by atoms with Gasteiger partial charge in [-0.3, -0.25) is 5.32 Å². The van der Waals surface area contributed by atoms with Crippen LogP contribution >= 0.6 is 0 Å². The zero-order valence-electron chi connectivity index (χ0n) is 12.6. The highest BCUT2D eigenvalue weighted by atomic mass is 16.5. The number of rotatable bonds is 7. The molecule has 0 aliphatic heterocycles. The van der Waals surface area contributed by atoms with Crippen LogP contribution in [0.2, 0.25) is 0 Å². The Kier molecular flexibility index (Phi) is 4.80. The average Bonchev–Trinajstić information content (AvgIpc) is 3.28. The molecule has 1 aliphatic rings. The van der Waals surface area contributed by atoms with Crippen molar-refractivity contribution in [3.8, 4) is 6.07 Å². The lowest BCUT2D eigenvalue weighted by atomic mass is 9.91. The Bertz CT molecular complexity index is 462. The van der Waals surface area contributed by atoms with Crippen molar-refractivity contribution in [2.24, 2.45) is 5.92 Å². The highest BCUT2D eigenvalue weighted by Gasteiger charge is 2.38. The molecule has 3 nitrogen and oxygen atoms in total. The van der Waals surface area contributed by atoms with Crippen molar-refractivity contribution in [3.05, 3.63) is 35.9 Å². The van der Waals surface area contributed by atoms with Crippen molar-refractivity contribution >= 4 is 0 Å². The lowest BCUT2D eigenvalue weighted by Gasteiger charge is -2.30. The predicted molar refractivity (Wildman–Crippen MR) is 80.1 cm³/mol. The molecule has 0 amide bonds. The first-order chi connectivity index (χ1) is 9.57. The molecule has 108 valence electrons. The van der Waals surface area contributed by atoms with Crippen LogP contribution in [0.25, 0.3) is 0 Å². The van der Waals surface area contributed by atoms with E-state index in [1.165, 1.54) is 0 Å². The summed E-state index contributed by atoms with van der Waals surface area (Å²) in [5, 5.41) is 13.2. The summed E-state index contributed by atoms with van der Waals surface area (Å²) in [6, 6.07) is 12.8. The molecule has 1 N–H and O–H groups in total. The van der Waals surface area contributed by atoms with Crippen LogP contribution in [0.3, 0.4) is 0 Å². The van der Waals surface area contributed by atoms with E-state index in [2.05, 4.69) is 32.2 Å². The van der Waals surface area contributed by atoms with Crippen molar-refractivity contribution in [1.29, 1.82) is 5.26 Å². The van der Waals surface area contributed by atoms with Gasteiger partial charge in [-0.25, -0.2) is 0 Å². The molecule has 1 aliphatic carbocycles. The van der Waals surface area contributed by atoms with E-state index in [-0.39, 0.29) is 6.10 Å². The Morgan fingerprint density at radius 3 is 2.45 bits per heavy atom. The third-order valence-electron chi connectivity index (χ3n) is 3.99. The molecule has 2 atom stereocenters. The van der Waals surface area contributed by atoms with E-state index in [4.69, 9.17) is 4.74 Å². The van der Waals surface area contributed by atoms with Crippen LogP contribution in [0.1, 0.15) is 39.2 Å². The van der Waals surface area contributed by atoms with Gasteiger partial charge in [0, 0.05) is 6.04 Å². The Morgan fingerprint density at radius 2 is 1.95 bits per heavy atom. The van der Waals surface area contributed by atoms with Gasteiger partial charge in [0.2, 0.25) is 0 Å². The normalized spacial score (nSPS) is 19.4. The van der Waals surface area contributed by atoms with Gasteiger partial charge in [-0.05, 0) is 31.2 Å². The van der Waals surface area contributed by atoms with Gasteiger partial charge in [0.1, 0.15) is 0 Å². The molecule has 1 saturated carbocycles. The summed E-state index contributed by atoms with van der Waals surface area (Å²) >= 11 is 0. The molecule has 1 aromatic rings. The second-order valence-electron chi connectivity index (χ2n) is 6.06. The van der Waals surface area contributed by atoms with E-state index >= 15 is 0 Å². The average molecular weight is 272 g/mol. The summed E-state index contributed by atoms with van der Waals surface area (Å²) in [6.45, 7) is 6.73. The molecule has 0 bridgehead atoms. The molecular formula is C17H24N2O. The first-order valence-corrected chi connectivity index (χ1v) is 7.43. The largest absolute Gasteiger partial charge is 0.375 e. The molecule has 0 spiro atoms. The van der Waals surface area contributed by atoms with E-state index in [0.29, 0.717) is 18.6 Å². The Morgan fingerprint density at radius 1 is 1.30 bits per heavy atom. The Labute approximate surface area is 121 Å². The first-order valence-electron chi connectivity index (χ1n) is 7.43. The van der Waals surface area contributed by atoms with Crippen molar-refractivity contribution in [1.82, 2.24) is 5.32 Å². The van der Waals surface area contributed by atoms with Crippen molar-refractivity contribution in [2.75, 3.05) is 6.61 Å². The summed E-state index contributed by atoms with van der Waals surface area (Å²) in [6.07, 6.45) is 2.44. The van der Waals surface area contributed by atoms with Gasteiger partial charge in [-0.2, -0.15) is 5.26 Å². The molecule has 0 aromatic heterocycles. The summed E-state index contributed by atoms with van der Waals surface area (Å²) in [4.78, 5) is 0. The molecular weight excluding hydrogens is 248 g/mol. The SMILES string of the molecule is CC(C)C(C)OCC(C#N)(NC1CC1)c1ccccc1. The number of nitrogens with one attached hydrogen (secondary N) is 1. The molecule has 1 fully saturated rings. The zero-order valence-corrected chi connectivity index (χ0v) is 12.6. The van der Waals surface area contributed by atoms with Gasteiger partial charge in [0.15, 0.2) is 5.54 Å². The summed E-state index contributed by atoms with van der Waals surface area (Å²) < 4.78 is 5.96. The van der Waals surface area contributed by atoms with Crippen LogP contribution in [0, 0.1) is 17.2 Å². The Hall–Kier alpha value is -1.37. The fraction of sp³-hybridized carbons (Fsp3) is 0.588. The van der Waals surface area contributed by atoms with Crippen molar-refractivity contribution in [2.45, 2.75) is 51.3 Å². The molecule has 0 saturated heterocycles. The second-order valence-corrected chi connectivity index (χ2v) is 6.06. The fourth-order valence-corrected chi connectivity index (χ4v) is 2.09. The summed E-state index contributed by atoms with van der Waals surface area (Å²) in [5.74, 6) is 0.447. The smallest absolute Gasteiger partial charge is 0.156 e. The standard InChI is InChI=1S/C17H24N2O/c1-13(2)14(3)20-12-17(11-18,19-16-9-10-16)15-7-5-4-6-8-15/h4-8,13-14,16,19H,9-10,12H2,1-3H3. The van der Waals surface area contributed by atoms with Crippen LogP contribution in [0.4, 0.5) is 0 Å². The van der Waals surface area contributed by atoms with Gasteiger partial charge >= 0.3 is 0 Å². The quantitative estimate of drug-likeness (QED) is 0.829. The monoisotopic (exact) mass is 272 g/mol. The molecule has 1 aromatic carbocycles. The van der Waals surface area contributed by atoms with Crippen LogP contribution in [-0.4, -0.2) is 18.8 Å². The maximum absolute atomic E-state index is 9.77. The molecule has 2 rings (SSSR count). The number of nitrogens with zero attached hydrogens (tertiary/aromatic N) is 1. The number of benzene rings is 1. The minimum atomic E-state index is -0.731. The number of nitriles is 1. The number of hydrogen-bond acceptors (Lipinski definition) is 3. The second kappa shape index (κ2) is 6.39. The fourth-order valence-electron chi connectivity index (χ4n) is 2.09. The maximum Gasteiger partial charge on any atom is 0.156 e. The van der Waals surface area contributed by atoms with Gasteiger partial charge in [0.25, 0.3) is 0 Å². The topological polar surface area (TPSA) is 45.0 Å². The highest BCUT2D eigenvalue weighted by Crippen LogP contribution is 2.29.